The van der Waals surface area contributed by atoms with Crippen molar-refractivity contribution in [2.75, 3.05) is 13.1 Å². The van der Waals surface area contributed by atoms with Crippen LogP contribution in [0.25, 0.3) is 0 Å². The summed E-state index contributed by atoms with van der Waals surface area (Å²) < 4.78 is 0.938. The van der Waals surface area contributed by atoms with Gasteiger partial charge < -0.3 is 10.2 Å². The van der Waals surface area contributed by atoms with Gasteiger partial charge in [0.15, 0.2) is 0 Å². The average Bonchev–Trinajstić information content (AvgIpc) is 2.19. The average molecular weight is 300 g/mol. The summed E-state index contributed by atoms with van der Waals surface area (Å²) in [4.78, 5) is 12.6. The van der Waals surface area contributed by atoms with E-state index in [1.165, 1.54) is 0 Å². The minimum Gasteiger partial charge on any atom is -0.508 e. The van der Waals surface area contributed by atoms with E-state index in [-0.39, 0.29) is 18.1 Å². The normalized spacial score (nSPS) is 16.8. The lowest BCUT2D eigenvalue weighted by molar-refractivity contribution is -0.139. The topological polar surface area (TPSA) is 60.8 Å². The molecule has 2 N–H and O–H groups in total. The molecule has 1 aliphatic rings. The molecule has 0 amide bonds. The molecule has 1 aromatic rings. The van der Waals surface area contributed by atoms with Crippen molar-refractivity contribution < 1.29 is 15.0 Å². The van der Waals surface area contributed by atoms with Crippen LogP contribution in [-0.4, -0.2) is 34.2 Å². The van der Waals surface area contributed by atoms with Crippen LogP contribution in [0.4, 0.5) is 0 Å². The molecule has 1 fully saturated rings. The van der Waals surface area contributed by atoms with Crippen LogP contribution in [-0.2, 0) is 11.3 Å². The van der Waals surface area contributed by atoms with E-state index in [1.54, 1.807) is 12.1 Å². The maximum atomic E-state index is 10.5. The van der Waals surface area contributed by atoms with Crippen LogP contribution in [0.3, 0.4) is 0 Å². The molecule has 0 aromatic heterocycles. The number of rotatable bonds is 4. The van der Waals surface area contributed by atoms with E-state index >= 15 is 0 Å². The Bertz CT molecular complexity index is 430. The van der Waals surface area contributed by atoms with E-state index < -0.39 is 5.97 Å². The van der Waals surface area contributed by atoms with Crippen molar-refractivity contribution in [1.29, 1.82) is 0 Å². The van der Waals surface area contributed by atoms with Crippen molar-refractivity contribution in [2.24, 2.45) is 5.92 Å². The molecule has 1 saturated heterocycles. The molecule has 0 aliphatic carbocycles. The Hall–Kier alpha value is -1.07. The molecule has 1 aromatic carbocycles. The number of hydrogen-bond acceptors (Lipinski definition) is 3. The molecular formula is C12H14BrNO3. The second-order valence-electron chi connectivity index (χ2n) is 4.43. The highest BCUT2D eigenvalue weighted by molar-refractivity contribution is 9.10. The quantitative estimate of drug-likeness (QED) is 0.893. The highest BCUT2D eigenvalue weighted by Gasteiger charge is 2.28. The van der Waals surface area contributed by atoms with E-state index in [2.05, 4.69) is 20.8 Å². The molecule has 17 heavy (non-hydrogen) atoms. The summed E-state index contributed by atoms with van der Waals surface area (Å²) in [6.07, 6.45) is 0.237. The minimum absolute atomic E-state index is 0.237. The number of aliphatic carboxylic acids is 1. The van der Waals surface area contributed by atoms with Gasteiger partial charge in [-0.3, -0.25) is 9.69 Å². The number of carboxylic acid groups (broad SMARTS) is 1. The minimum atomic E-state index is -0.736. The van der Waals surface area contributed by atoms with Gasteiger partial charge in [0, 0.05) is 29.7 Å². The molecule has 0 radical (unpaired) electrons. The summed E-state index contributed by atoms with van der Waals surface area (Å²) >= 11 is 3.36. The van der Waals surface area contributed by atoms with Gasteiger partial charge in [-0.15, -0.1) is 0 Å². The lowest BCUT2D eigenvalue weighted by Gasteiger charge is -2.38. The third-order valence-electron chi connectivity index (χ3n) is 2.93. The summed E-state index contributed by atoms with van der Waals surface area (Å²) in [7, 11) is 0. The number of phenols is 1. The SMILES string of the molecule is O=C(O)CC1CN(Cc2cc(Br)ccc2O)C1. The second kappa shape index (κ2) is 5.06. The van der Waals surface area contributed by atoms with Gasteiger partial charge in [-0.2, -0.15) is 0 Å². The molecule has 5 heteroatoms. The first kappa shape index (κ1) is 12.4. The molecule has 0 saturated carbocycles. The zero-order valence-corrected chi connectivity index (χ0v) is 10.9. The number of nitrogens with zero attached hydrogens (tertiary/aromatic N) is 1. The van der Waals surface area contributed by atoms with Crippen LogP contribution >= 0.6 is 15.9 Å². The molecule has 92 valence electrons. The first-order valence-corrected chi connectivity index (χ1v) is 6.25. The Labute approximate surface area is 108 Å². The number of aromatic hydroxyl groups is 1. The Morgan fingerprint density at radius 1 is 1.47 bits per heavy atom. The van der Waals surface area contributed by atoms with Gasteiger partial charge in [0.2, 0.25) is 0 Å². The fourth-order valence-corrected chi connectivity index (χ4v) is 2.51. The van der Waals surface area contributed by atoms with E-state index in [0.717, 1.165) is 23.1 Å². The van der Waals surface area contributed by atoms with E-state index in [9.17, 15) is 9.90 Å². The second-order valence-corrected chi connectivity index (χ2v) is 5.35. The molecule has 0 atom stereocenters. The first-order valence-electron chi connectivity index (χ1n) is 5.46. The number of halogens is 1. The largest absolute Gasteiger partial charge is 0.508 e. The van der Waals surface area contributed by atoms with Crippen LogP contribution in [0, 0.1) is 5.92 Å². The first-order chi connectivity index (χ1) is 8.04. The van der Waals surface area contributed by atoms with Crippen molar-refractivity contribution in [3.05, 3.63) is 28.2 Å². The summed E-state index contributed by atoms with van der Waals surface area (Å²) in [5.74, 6) is -0.198. The monoisotopic (exact) mass is 299 g/mol. The Morgan fingerprint density at radius 2 is 2.18 bits per heavy atom. The zero-order valence-electron chi connectivity index (χ0n) is 9.27. The number of benzene rings is 1. The van der Waals surface area contributed by atoms with Crippen molar-refractivity contribution in [2.45, 2.75) is 13.0 Å². The van der Waals surface area contributed by atoms with Gasteiger partial charge in [-0.25, -0.2) is 0 Å². The van der Waals surface area contributed by atoms with Crippen LogP contribution in [0.15, 0.2) is 22.7 Å². The molecule has 4 nitrogen and oxygen atoms in total. The van der Waals surface area contributed by atoms with Crippen LogP contribution < -0.4 is 0 Å². The highest BCUT2D eigenvalue weighted by atomic mass is 79.9. The van der Waals surface area contributed by atoms with Gasteiger partial charge in [-0.05, 0) is 24.1 Å². The van der Waals surface area contributed by atoms with Gasteiger partial charge in [0.25, 0.3) is 0 Å². The van der Waals surface area contributed by atoms with Gasteiger partial charge in [-0.1, -0.05) is 15.9 Å². The number of carboxylic acids is 1. The Balaban J connectivity index is 1.87. The number of phenolic OH excluding ortho intramolecular Hbond substituents is 1. The number of likely N-dealkylation sites (tertiary alicyclic amines) is 1. The third-order valence-corrected chi connectivity index (χ3v) is 3.42. The molecule has 1 aliphatic heterocycles. The van der Waals surface area contributed by atoms with Crippen molar-refractivity contribution in [1.82, 2.24) is 4.90 Å². The predicted octanol–water partition coefficient (Wildman–Crippen LogP) is 2.06. The molecule has 2 rings (SSSR count). The van der Waals surface area contributed by atoms with E-state index in [0.29, 0.717) is 6.54 Å². The molecule has 0 spiro atoms. The van der Waals surface area contributed by atoms with Crippen LogP contribution in [0.5, 0.6) is 5.75 Å². The van der Waals surface area contributed by atoms with Gasteiger partial charge in [0.1, 0.15) is 5.75 Å². The Morgan fingerprint density at radius 3 is 2.82 bits per heavy atom. The van der Waals surface area contributed by atoms with Crippen molar-refractivity contribution in [3.8, 4) is 5.75 Å². The fourth-order valence-electron chi connectivity index (χ4n) is 2.10. The fraction of sp³-hybridized carbons (Fsp3) is 0.417. The number of hydrogen-bond donors (Lipinski definition) is 2. The third kappa shape index (κ3) is 3.20. The predicted molar refractivity (Wildman–Crippen MR) is 66.8 cm³/mol. The van der Waals surface area contributed by atoms with Gasteiger partial charge >= 0.3 is 5.97 Å². The molecule has 0 bridgehead atoms. The maximum Gasteiger partial charge on any atom is 0.303 e. The lowest BCUT2D eigenvalue weighted by atomic mass is 9.96. The van der Waals surface area contributed by atoms with Crippen molar-refractivity contribution in [3.63, 3.8) is 0 Å². The number of carbonyl (C=O) groups is 1. The standard InChI is InChI=1S/C12H14BrNO3/c13-10-1-2-11(15)9(4-10)7-14-5-8(6-14)3-12(16)17/h1-2,4,8,15H,3,5-7H2,(H,16,17). The van der Waals surface area contributed by atoms with Crippen LogP contribution in [0.2, 0.25) is 0 Å². The van der Waals surface area contributed by atoms with E-state index in [1.807, 2.05) is 6.07 Å². The molecule has 1 heterocycles. The summed E-state index contributed by atoms with van der Waals surface area (Å²) in [5.41, 5.74) is 0.869. The van der Waals surface area contributed by atoms with E-state index in [4.69, 9.17) is 5.11 Å². The smallest absolute Gasteiger partial charge is 0.303 e. The van der Waals surface area contributed by atoms with Crippen molar-refractivity contribution >= 4 is 21.9 Å². The lowest BCUT2D eigenvalue weighted by Crippen LogP contribution is -2.46. The Kier molecular flexibility index (Phi) is 3.69. The zero-order chi connectivity index (χ0) is 12.4. The molecular weight excluding hydrogens is 286 g/mol. The summed E-state index contributed by atoms with van der Waals surface area (Å²) in [6.45, 7) is 2.25. The summed E-state index contributed by atoms with van der Waals surface area (Å²) in [6, 6.07) is 5.34. The van der Waals surface area contributed by atoms with Gasteiger partial charge in [0.05, 0.1) is 6.42 Å². The molecule has 0 unspecified atom stereocenters. The highest BCUT2D eigenvalue weighted by Crippen LogP contribution is 2.27. The maximum absolute atomic E-state index is 10.5. The van der Waals surface area contributed by atoms with Crippen LogP contribution in [0.1, 0.15) is 12.0 Å². The summed E-state index contributed by atoms with van der Waals surface area (Å²) in [5, 5.41) is 18.3.